The molecule has 33 heavy (non-hydrogen) atoms. The summed E-state index contributed by atoms with van der Waals surface area (Å²) in [5, 5.41) is 12.4. The van der Waals surface area contributed by atoms with Crippen molar-refractivity contribution in [2.24, 2.45) is 11.8 Å². The zero-order valence-corrected chi connectivity index (χ0v) is 18.0. The standard InChI is InChI=1S/C24H22N4O5/c1-31-22(29)27-9-20-19-7-15-6-13(2-4-18(15)28(19)23(30)33-20)14-3-5-21(26-8-14)24(12-25)16-10-32-11-17(16)24/h2-6,8,16-17,19-20H,7,9-11H2,1H3,(H,27,29)/t16-,17+,19-,20-,24+/m0/s1. The molecule has 2 saturated heterocycles. The number of ether oxygens (including phenoxy) is 3. The molecule has 2 amide bonds. The number of aromatic nitrogens is 1. The molecule has 1 saturated carbocycles. The van der Waals surface area contributed by atoms with Crippen molar-refractivity contribution in [1.82, 2.24) is 10.3 Å². The van der Waals surface area contributed by atoms with E-state index in [2.05, 4.69) is 27.2 Å². The Kier molecular flexibility index (Phi) is 4.35. The predicted octanol–water partition coefficient (Wildman–Crippen LogP) is 2.39. The van der Waals surface area contributed by atoms with Gasteiger partial charge in [0.1, 0.15) is 11.5 Å². The third-order valence-corrected chi connectivity index (χ3v) is 7.46. The highest BCUT2D eigenvalue weighted by atomic mass is 16.6. The predicted molar refractivity (Wildman–Crippen MR) is 115 cm³/mol. The zero-order chi connectivity index (χ0) is 22.7. The van der Waals surface area contributed by atoms with Crippen LogP contribution in [-0.4, -0.2) is 56.2 Å². The summed E-state index contributed by atoms with van der Waals surface area (Å²) in [6.45, 7) is 1.45. The van der Waals surface area contributed by atoms with Crippen LogP contribution in [0.4, 0.5) is 15.3 Å². The van der Waals surface area contributed by atoms with Crippen LogP contribution in [-0.2, 0) is 26.0 Å². The van der Waals surface area contributed by atoms with E-state index in [4.69, 9.17) is 9.47 Å². The van der Waals surface area contributed by atoms with Gasteiger partial charge in [-0.3, -0.25) is 9.88 Å². The minimum Gasteiger partial charge on any atom is -0.453 e. The molecule has 2 aromatic rings. The Morgan fingerprint density at radius 3 is 2.79 bits per heavy atom. The first-order valence-electron chi connectivity index (χ1n) is 11.0. The molecule has 0 bridgehead atoms. The highest BCUT2D eigenvalue weighted by Gasteiger charge is 2.70. The molecule has 1 aliphatic carbocycles. The lowest BCUT2D eigenvalue weighted by molar-refractivity contribution is 0.123. The van der Waals surface area contributed by atoms with Crippen LogP contribution in [0.5, 0.6) is 0 Å². The molecule has 6 rings (SSSR count). The molecule has 9 heteroatoms. The van der Waals surface area contributed by atoms with Crippen LogP contribution in [0.2, 0.25) is 0 Å². The van der Waals surface area contributed by atoms with Crippen LogP contribution in [0.1, 0.15) is 11.3 Å². The molecule has 9 nitrogen and oxygen atoms in total. The van der Waals surface area contributed by atoms with Gasteiger partial charge in [0.25, 0.3) is 0 Å². The van der Waals surface area contributed by atoms with Crippen LogP contribution >= 0.6 is 0 Å². The Labute approximate surface area is 190 Å². The average Bonchev–Trinajstić information content (AvgIpc) is 3.24. The van der Waals surface area contributed by atoms with Gasteiger partial charge in [0.2, 0.25) is 0 Å². The van der Waals surface area contributed by atoms with E-state index < -0.39 is 23.7 Å². The molecule has 0 spiro atoms. The number of benzene rings is 1. The summed E-state index contributed by atoms with van der Waals surface area (Å²) in [5.41, 5.74) is 4.13. The van der Waals surface area contributed by atoms with Gasteiger partial charge in [-0.1, -0.05) is 12.1 Å². The van der Waals surface area contributed by atoms with Crippen LogP contribution < -0.4 is 10.2 Å². The van der Waals surface area contributed by atoms with Crippen molar-refractivity contribution in [1.29, 1.82) is 5.26 Å². The summed E-state index contributed by atoms with van der Waals surface area (Å²) in [7, 11) is 1.29. The van der Waals surface area contributed by atoms with Crippen LogP contribution in [0.3, 0.4) is 0 Å². The number of rotatable bonds is 4. The number of anilines is 1. The normalized spacial score (nSPS) is 30.7. The molecule has 0 radical (unpaired) electrons. The molecule has 168 valence electrons. The van der Waals surface area contributed by atoms with Crippen LogP contribution in [0, 0.1) is 23.2 Å². The highest BCUT2D eigenvalue weighted by Crippen LogP contribution is 2.62. The van der Waals surface area contributed by atoms with Crippen molar-refractivity contribution in [3.8, 4) is 17.2 Å². The van der Waals surface area contributed by atoms with Gasteiger partial charge >= 0.3 is 12.2 Å². The number of methoxy groups -OCH3 is 1. The van der Waals surface area contributed by atoms with Crippen molar-refractivity contribution >= 4 is 17.9 Å². The monoisotopic (exact) mass is 446 g/mol. The van der Waals surface area contributed by atoms with Crippen molar-refractivity contribution in [3.63, 3.8) is 0 Å². The second kappa shape index (κ2) is 7.18. The Hall–Kier alpha value is -3.64. The number of nitriles is 1. The first kappa shape index (κ1) is 20.0. The van der Waals surface area contributed by atoms with Gasteiger partial charge in [-0.25, -0.2) is 9.59 Å². The molecular weight excluding hydrogens is 424 g/mol. The van der Waals surface area contributed by atoms with Crippen LogP contribution in [0.25, 0.3) is 11.1 Å². The third-order valence-electron chi connectivity index (χ3n) is 7.46. The number of pyridine rings is 1. The van der Waals surface area contributed by atoms with Gasteiger partial charge in [0.05, 0.1) is 50.4 Å². The number of carbonyl (C=O) groups is 2. The van der Waals surface area contributed by atoms with Gasteiger partial charge in [-0.2, -0.15) is 5.26 Å². The van der Waals surface area contributed by atoms with Gasteiger partial charge in [0, 0.05) is 23.6 Å². The number of hydrogen-bond donors (Lipinski definition) is 1. The van der Waals surface area contributed by atoms with E-state index in [-0.39, 0.29) is 24.4 Å². The van der Waals surface area contributed by atoms with Crippen molar-refractivity contribution < 1.29 is 23.8 Å². The van der Waals surface area contributed by atoms with E-state index >= 15 is 0 Å². The minimum absolute atomic E-state index is 0.174. The number of amides is 2. The average molecular weight is 446 g/mol. The topological polar surface area (TPSA) is 114 Å². The number of cyclic esters (lactones) is 1. The van der Waals surface area contributed by atoms with E-state index in [1.807, 2.05) is 30.5 Å². The van der Waals surface area contributed by atoms with Crippen molar-refractivity contribution in [2.75, 3.05) is 31.8 Å². The number of carbonyl (C=O) groups excluding carboxylic acids is 2. The molecule has 4 heterocycles. The Morgan fingerprint density at radius 2 is 2.09 bits per heavy atom. The smallest absolute Gasteiger partial charge is 0.415 e. The second-order valence-corrected chi connectivity index (χ2v) is 8.94. The molecule has 0 unspecified atom stereocenters. The maximum atomic E-state index is 12.5. The Bertz CT molecular complexity index is 1180. The van der Waals surface area contributed by atoms with Gasteiger partial charge < -0.3 is 19.5 Å². The summed E-state index contributed by atoms with van der Waals surface area (Å²) in [6, 6.07) is 12.2. The quantitative estimate of drug-likeness (QED) is 0.767. The van der Waals surface area contributed by atoms with E-state index in [9.17, 15) is 14.9 Å². The molecule has 1 N–H and O–H groups in total. The number of hydrogen-bond acceptors (Lipinski definition) is 7. The molecule has 4 aliphatic rings. The number of nitrogens with one attached hydrogen (secondary N) is 1. The SMILES string of the molecule is COC(=O)NC[C@@H]1OC(=O)N2c3ccc(-c4ccc([C@@]5(C#N)[C@@H]6COC[C@@H]65)nc4)cc3C[C@@H]12. The number of fused-ring (bicyclic) bond motifs is 4. The maximum Gasteiger partial charge on any atom is 0.415 e. The molecule has 3 fully saturated rings. The lowest BCUT2D eigenvalue weighted by atomic mass is 9.96. The summed E-state index contributed by atoms with van der Waals surface area (Å²) in [5.74, 6) is 0.492. The largest absolute Gasteiger partial charge is 0.453 e. The van der Waals surface area contributed by atoms with Gasteiger partial charge in [-0.15, -0.1) is 0 Å². The number of nitrogens with zero attached hydrogens (tertiary/aromatic N) is 3. The van der Waals surface area contributed by atoms with Gasteiger partial charge in [-0.05, 0) is 35.7 Å². The number of alkyl carbamates (subject to hydrolysis) is 1. The summed E-state index contributed by atoms with van der Waals surface area (Å²) in [4.78, 5) is 30.2. The fourth-order valence-electron chi connectivity index (χ4n) is 5.66. The molecule has 3 aliphatic heterocycles. The lowest BCUT2D eigenvalue weighted by Gasteiger charge is -2.16. The first-order valence-corrected chi connectivity index (χ1v) is 11.0. The Morgan fingerprint density at radius 1 is 1.30 bits per heavy atom. The van der Waals surface area contributed by atoms with Crippen molar-refractivity contribution in [3.05, 3.63) is 47.8 Å². The summed E-state index contributed by atoms with van der Waals surface area (Å²) >= 11 is 0. The fourth-order valence-corrected chi connectivity index (χ4v) is 5.66. The Balaban J connectivity index is 1.22. The summed E-state index contributed by atoms with van der Waals surface area (Å²) in [6.07, 6.45) is 1.04. The second-order valence-electron chi connectivity index (χ2n) is 8.94. The zero-order valence-electron chi connectivity index (χ0n) is 18.0. The minimum atomic E-state index is -0.557. The first-order chi connectivity index (χ1) is 16.1. The van der Waals surface area contributed by atoms with Gasteiger partial charge in [0.15, 0.2) is 0 Å². The third kappa shape index (κ3) is 2.84. The molecule has 1 aromatic heterocycles. The maximum absolute atomic E-state index is 12.5. The highest BCUT2D eigenvalue weighted by molar-refractivity contribution is 5.94. The fraction of sp³-hybridized carbons (Fsp3) is 0.417. The van der Waals surface area contributed by atoms with Crippen molar-refractivity contribution in [2.45, 2.75) is 24.0 Å². The molecular formula is C24H22N4O5. The van der Waals surface area contributed by atoms with Crippen LogP contribution in [0.15, 0.2) is 36.5 Å². The summed E-state index contributed by atoms with van der Waals surface area (Å²) < 4.78 is 15.5. The van der Waals surface area contributed by atoms with E-state index in [1.54, 1.807) is 4.90 Å². The molecule has 1 aromatic carbocycles. The van der Waals surface area contributed by atoms with E-state index in [0.717, 1.165) is 28.1 Å². The van der Waals surface area contributed by atoms with E-state index in [1.165, 1.54) is 7.11 Å². The molecule has 5 atom stereocenters. The van der Waals surface area contributed by atoms with E-state index in [0.29, 0.717) is 19.6 Å². The lowest BCUT2D eigenvalue weighted by Crippen LogP contribution is -2.40.